The molecule has 1 atom stereocenters. The van der Waals surface area contributed by atoms with Crippen molar-refractivity contribution in [2.24, 2.45) is 5.14 Å². The van der Waals surface area contributed by atoms with Gasteiger partial charge in [0.05, 0.1) is 10.7 Å². The zero-order valence-electron chi connectivity index (χ0n) is 10.5. The third-order valence-electron chi connectivity index (χ3n) is 2.48. The van der Waals surface area contributed by atoms with Crippen molar-refractivity contribution >= 4 is 90.1 Å². The van der Waals surface area contributed by atoms with E-state index in [0.717, 1.165) is 12.1 Å². The van der Waals surface area contributed by atoms with E-state index in [2.05, 4.69) is 10.0 Å². The number of rotatable bonds is 2. The molecule has 0 saturated carbocycles. The number of hydrogen-bond donors (Lipinski definition) is 3. The Bertz CT molecular complexity index is 769. The number of benzene rings is 1. The van der Waals surface area contributed by atoms with Crippen LogP contribution in [0.3, 0.4) is 0 Å². The molecule has 7 nitrogen and oxygen atoms in total. The number of fused-ring (bicyclic) bond motifs is 1. The van der Waals surface area contributed by atoms with Gasteiger partial charge in [-0.15, -0.1) is 23.2 Å². The molecule has 1 aromatic rings. The fourth-order valence-corrected chi connectivity index (χ4v) is 4.54. The van der Waals surface area contributed by atoms with Gasteiger partial charge < -0.3 is 5.32 Å². The van der Waals surface area contributed by atoms with Crippen LogP contribution in [0.15, 0.2) is 21.9 Å². The van der Waals surface area contributed by atoms with E-state index in [-0.39, 0.29) is 45.2 Å². The van der Waals surface area contributed by atoms with E-state index < -0.39 is 35.9 Å². The van der Waals surface area contributed by atoms with Gasteiger partial charge in [0.25, 0.3) is 0 Å². The van der Waals surface area contributed by atoms with Crippen LogP contribution in [-0.2, 0) is 20.0 Å². The molecule has 0 saturated heterocycles. The fourth-order valence-electron chi connectivity index (χ4n) is 1.63. The Balaban J connectivity index is 0.00000220. The number of halogens is 3. The molecule has 4 N–H and O–H groups in total. The van der Waals surface area contributed by atoms with Crippen LogP contribution in [0, 0.1) is 0 Å². The van der Waals surface area contributed by atoms with Crippen molar-refractivity contribution < 1.29 is 16.8 Å². The molecule has 0 fully saturated rings. The van der Waals surface area contributed by atoms with E-state index in [1.54, 1.807) is 0 Å². The zero-order chi connectivity index (χ0) is 15.3. The molecule has 0 aliphatic carbocycles. The molecule has 2 rings (SSSR count). The number of hydrogen-bond acceptors (Lipinski definition) is 5. The topological polar surface area (TPSA) is 118 Å². The van der Waals surface area contributed by atoms with Gasteiger partial charge in [-0.2, -0.15) is 4.72 Å². The van der Waals surface area contributed by atoms with Crippen molar-refractivity contribution in [1.29, 1.82) is 0 Å². The van der Waals surface area contributed by atoms with Crippen LogP contribution < -0.4 is 15.2 Å². The van der Waals surface area contributed by atoms with Crippen LogP contribution in [0.2, 0.25) is 5.02 Å². The molecule has 0 spiro atoms. The summed E-state index contributed by atoms with van der Waals surface area (Å²) in [6.07, 6.45) is -0.966. The van der Waals surface area contributed by atoms with Crippen molar-refractivity contribution in [1.82, 2.24) is 4.72 Å². The SMILES string of the molecule is NS(=O)(=O)c1cc2c(cc1Cl)NC(C(Cl)Cl)NS2(=O)=O.[Na]. The minimum atomic E-state index is -4.15. The Hall–Kier alpha value is 0.710. The average Bonchev–Trinajstić information content (AvgIpc) is 2.24. The predicted molar refractivity (Wildman–Crippen MR) is 81.8 cm³/mol. The summed E-state index contributed by atoms with van der Waals surface area (Å²) in [5, 5.41) is 7.45. The minimum absolute atomic E-state index is 0. The van der Waals surface area contributed by atoms with Gasteiger partial charge in [-0.05, 0) is 12.1 Å². The maximum absolute atomic E-state index is 12.0. The summed E-state index contributed by atoms with van der Waals surface area (Å²) in [5.74, 6) is 0. The normalized spacial score (nSPS) is 20.3. The van der Waals surface area contributed by atoms with Crippen molar-refractivity contribution in [3.8, 4) is 0 Å². The van der Waals surface area contributed by atoms with E-state index in [1.807, 2.05) is 0 Å². The summed E-state index contributed by atoms with van der Waals surface area (Å²) in [6.45, 7) is 0. The third kappa shape index (κ3) is 4.17. The zero-order valence-corrected chi connectivity index (χ0v) is 16.4. The Kier molecular flexibility index (Phi) is 6.28. The van der Waals surface area contributed by atoms with Gasteiger partial charge in [0.2, 0.25) is 20.0 Å². The summed E-state index contributed by atoms with van der Waals surface area (Å²) in [6, 6.07) is 2.01. The molecular formula is C8H8Cl3N3NaO4S2. The van der Waals surface area contributed by atoms with Crippen LogP contribution in [0.4, 0.5) is 5.69 Å². The maximum atomic E-state index is 12.0. The van der Waals surface area contributed by atoms with E-state index in [0.29, 0.717) is 0 Å². The first-order chi connectivity index (χ1) is 9.02. The summed E-state index contributed by atoms with van der Waals surface area (Å²) in [7, 11) is -8.15. The van der Waals surface area contributed by atoms with Crippen LogP contribution >= 0.6 is 34.8 Å². The van der Waals surface area contributed by atoms with Crippen molar-refractivity contribution in [2.75, 3.05) is 5.32 Å². The third-order valence-corrected chi connectivity index (χ3v) is 5.84. The van der Waals surface area contributed by atoms with Crippen molar-refractivity contribution in [3.05, 3.63) is 17.2 Å². The second-order valence-electron chi connectivity index (χ2n) is 3.90. The standard InChI is InChI=1S/C8H8Cl3N3O4S2.Na/c9-3-1-4-6(2-5(3)19(12,15)16)20(17,18)14-8(13-4)7(10)11;/h1-2,7-8,13-14H,(H2,12,15,16);. The molecule has 1 unspecified atom stereocenters. The second-order valence-corrected chi connectivity index (χ2v) is 8.68. The molecule has 21 heavy (non-hydrogen) atoms. The number of primary sulfonamides is 1. The molecule has 0 bridgehead atoms. The quantitative estimate of drug-likeness (QED) is 0.489. The minimum Gasteiger partial charge on any atom is -0.366 e. The molecule has 0 amide bonds. The molecular weight excluding hydrogens is 396 g/mol. The Labute approximate surface area is 158 Å². The smallest absolute Gasteiger partial charge is 0.244 e. The van der Waals surface area contributed by atoms with Crippen molar-refractivity contribution in [3.63, 3.8) is 0 Å². The van der Waals surface area contributed by atoms with E-state index in [4.69, 9.17) is 39.9 Å². The molecule has 1 aliphatic rings. The van der Waals surface area contributed by atoms with Gasteiger partial charge in [-0.25, -0.2) is 22.0 Å². The first-order valence-corrected chi connectivity index (χ1v) is 9.24. The van der Waals surface area contributed by atoms with Gasteiger partial charge in [0.1, 0.15) is 20.8 Å². The summed E-state index contributed by atoms with van der Waals surface area (Å²) >= 11 is 17.0. The first-order valence-electron chi connectivity index (χ1n) is 4.96. The average molecular weight is 404 g/mol. The van der Waals surface area contributed by atoms with Gasteiger partial charge in [-0.1, -0.05) is 11.6 Å². The van der Waals surface area contributed by atoms with Crippen LogP contribution in [0.1, 0.15) is 0 Å². The Morgan fingerprint density at radius 2 is 1.86 bits per heavy atom. The second kappa shape index (κ2) is 6.68. The summed E-state index contributed by atoms with van der Waals surface area (Å²) in [4.78, 5) is -1.86. The van der Waals surface area contributed by atoms with Crippen molar-refractivity contribution in [2.45, 2.75) is 20.8 Å². The fraction of sp³-hybridized carbons (Fsp3) is 0.250. The molecule has 113 valence electrons. The largest absolute Gasteiger partial charge is 0.366 e. The van der Waals surface area contributed by atoms with Gasteiger partial charge >= 0.3 is 0 Å². The molecule has 13 heteroatoms. The Morgan fingerprint density at radius 1 is 1.29 bits per heavy atom. The van der Waals surface area contributed by atoms with E-state index in [1.165, 1.54) is 0 Å². The predicted octanol–water partition coefficient (Wildman–Crippen LogP) is 0.440. The van der Waals surface area contributed by atoms with E-state index >= 15 is 0 Å². The van der Waals surface area contributed by atoms with Gasteiger partial charge in [0, 0.05) is 29.6 Å². The summed E-state index contributed by atoms with van der Waals surface area (Å²) in [5.41, 5.74) is 0.0810. The number of sulfonamides is 2. The number of nitrogens with two attached hydrogens (primary N) is 1. The van der Waals surface area contributed by atoms with E-state index in [9.17, 15) is 16.8 Å². The monoisotopic (exact) mass is 402 g/mol. The molecule has 1 heterocycles. The van der Waals surface area contributed by atoms with Crippen LogP contribution in [0.5, 0.6) is 0 Å². The molecule has 1 aromatic carbocycles. The number of nitrogens with one attached hydrogen (secondary N) is 2. The molecule has 1 radical (unpaired) electrons. The van der Waals surface area contributed by atoms with Crippen LogP contribution in [0.25, 0.3) is 0 Å². The van der Waals surface area contributed by atoms with Gasteiger partial charge in [-0.3, -0.25) is 0 Å². The van der Waals surface area contributed by atoms with Crippen LogP contribution in [-0.4, -0.2) is 57.4 Å². The molecule has 1 aliphatic heterocycles. The van der Waals surface area contributed by atoms with Gasteiger partial charge in [0.15, 0.2) is 0 Å². The first kappa shape index (κ1) is 19.8. The maximum Gasteiger partial charge on any atom is 0.244 e. The Morgan fingerprint density at radius 3 is 2.33 bits per heavy atom. The number of anilines is 1. The summed E-state index contributed by atoms with van der Waals surface area (Å²) < 4.78 is 48.9. The number of alkyl halides is 2. The molecule has 0 aromatic heterocycles.